The third-order valence-electron chi connectivity index (χ3n) is 4.66. The van der Waals surface area contributed by atoms with Crippen molar-refractivity contribution < 1.29 is 14.0 Å². The average molecular weight is 354 g/mol. The van der Waals surface area contributed by atoms with Gasteiger partial charge in [0.2, 0.25) is 11.8 Å². The van der Waals surface area contributed by atoms with Gasteiger partial charge in [0.1, 0.15) is 5.82 Å². The molecule has 1 N–H and O–H groups in total. The Morgan fingerprint density at radius 1 is 1.04 bits per heavy atom. The summed E-state index contributed by atoms with van der Waals surface area (Å²) in [5.74, 6) is -0.419. The van der Waals surface area contributed by atoms with E-state index in [1.807, 2.05) is 24.3 Å². The summed E-state index contributed by atoms with van der Waals surface area (Å²) in [7, 11) is 0. The molecule has 2 aromatic carbocycles. The number of carbonyl (C=O) groups is 2. The molecular weight excluding hydrogens is 331 g/mol. The average Bonchev–Trinajstić information content (AvgIpc) is 3.09. The number of aryl methyl sites for hydroxylation is 1. The molecule has 2 aromatic rings. The van der Waals surface area contributed by atoms with Gasteiger partial charge in [0.15, 0.2) is 0 Å². The number of amides is 2. The number of carbonyl (C=O) groups excluding carboxylic acids is 2. The predicted molar refractivity (Wildman–Crippen MR) is 99.5 cm³/mol. The molecule has 1 aliphatic heterocycles. The SMILES string of the molecule is O=C(CCCCc1ccc(F)cc1)NCC(=O)N1CCc2ccccc21. The highest BCUT2D eigenvalue weighted by Gasteiger charge is 2.23. The molecule has 26 heavy (non-hydrogen) atoms. The molecule has 0 spiro atoms. The lowest BCUT2D eigenvalue weighted by Crippen LogP contribution is -2.39. The highest BCUT2D eigenvalue weighted by atomic mass is 19.1. The van der Waals surface area contributed by atoms with Gasteiger partial charge in [0.25, 0.3) is 0 Å². The lowest BCUT2D eigenvalue weighted by Gasteiger charge is -2.17. The molecule has 0 radical (unpaired) electrons. The van der Waals surface area contributed by atoms with E-state index in [-0.39, 0.29) is 24.2 Å². The fourth-order valence-corrected chi connectivity index (χ4v) is 3.22. The van der Waals surface area contributed by atoms with E-state index in [9.17, 15) is 14.0 Å². The van der Waals surface area contributed by atoms with Crippen LogP contribution < -0.4 is 10.2 Å². The van der Waals surface area contributed by atoms with Crippen LogP contribution in [0.2, 0.25) is 0 Å². The van der Waals surface area contributed by atoms with Crippen LogP contribution in [-0.2, 0) is 22.4 Å². The lowest BCUT2D eigenvalue weighted by atomic mass is 10.1. The van der Waals surface area contributed by atoms with Gasteiger partial charge in [-0.1, -0.05) is 30.3 Å². The fraction of sp³-hybridized carbons (Fsp3) is 0.333. The Hall–Kier alpha value is -2.69. The van der Waals surface area contributed by atoms with Gasteiger partial charge in [-0.3, -0.25) is 9.59 Å². The van der Waals surface area contributed by atoms with Crippen molar-refractivity contribution in [1.29, 1.82) is 0 Å². The number of nitrogens with zero attached hydrogens (tertiary/aromatic N) is 1. The van der Waals surface area contributed by atoms with Crippen LogP contribution >= 0.6 is 0 Å². The van der Waals surface area contributed by atoms with Crippen molar-refractivity contribution in [3.05, 3.63) is 65.5 Å². The first-order valence-corrected chi connectivity index (χ1v) is 9.03. The molecule has 1 aliphatic rings. The standard InChI is InChI=1S/C21H23FN2O2/c22-18-11-9-16(10-12-18)5-1-4-8-20(25)23-15-21(26)24-14-13-17-6-2-3-7-19(17)24/h2-3,6-7,9-12H,1,4-5,8,13-15H2,(H,23,25). The van der Waals surface area contributed by atoms with Crippen molar-refractivity contribution in [2.75, 3.05) is 18.0 Å². The van der Waals surface area contributed by atoms with Crippen molar-refractivity contribution in [2.45, 2.75) is 32.1 Å². The summed E-state index contributed by atoms with van der Waals surface area (Å²) in [6.45, 7) is 0.705. The predicted octanol–water partition coefficient (Wildman–Crippen LogP) is 3.24. The monoisotopic (exact) mass is 354 g/mol. The van der Waals surface area contributed by atoms with E-state index in [0.29, 0.717) is 13.0 Å². The third kappa shape index (κ3) is 4.69. The molecule has 2 amide bonds. The zero-order valence-electron chi connectivity index (χ0n) is 14.7. The van der Waals surface area contributed by atoms with Crippen molar-refractivity contribution >= 4 is 17.5 Å². The van der Waals surface area contributed by atoms with Crippen LogP contribution in [0.1, 0.15) is 30.4 Å². The van der Waals surface area contributed by atoms with Crippen LogP contribution in [0, 0.1) is 5.82 Å². The number of rotatable bonds is 7. The maximum absolute atomic E-state index is 12.8. The number of para-hydroxylation sites is 1. The zero-order chi connectivity index (χ0) is 18.4. The molecule has 0 bridgehead atoms. The topological polar surface area (TPSA) is 49.4 Å². The van der Waals surface area contributed by atoms with Crippen LogP contribution in [0.25, 0.3) is 0 Å². The summed E-state index contributed by atoms with van der Waals surface area (Å²) in [4.78, 5) is 26.0. The van der Waals surface area contributed by atoms with E-state index in [2.05, 4.69) is 5.32 Å². The van der Waals surface area contributed by atoms with Gasteiger partial charge in [0, 0.05) is 18.7 Å². The Labute approximate surface area is 153 Å². The van der Waals surface area contributed by atoms with Crippen LogP contribution in [0.3, 0.4) is 0 Å². The Bertz CT molecular complexity index is 774. The minimum absolute atomic E-state index is 0.0329. The van der Waals surface area contributed by atoms with Crippen LogP contribution in [0.4, 0.5) is 10.1 Å². The quantitative estimate of drug-likeness (QED) is 0.776. The molecule has 0 aromatic heterocycles. The van der Waals surface area contributed by atoms with E-state index in [4.69, 9.17) is 0 Å². The molecule has 0 aliphatic carbocycles. The Kier molecular flexibility index (Phi) is 6.00. The molecule has 0 fully saturated rings. The lowest BCUT2D eigenvalue weighted by molar-refractivity contribution is -0.125. The smallest absolute Gasteiger partial charge is 0.246 e. The van der Waals surface area contributed by atoms with Crippen molar-refractivity contribution in [3.8, 4) is 0 Å². The van der Waals surface area contributed by atoms with Gasteiger partial charge in [-0.25, -0.2) is 4.39 Å². The Morgan fingerprint density at radius 3 is 2.62 bits per heavy atom. The fourth-order valence-electron chi connectivity index (χ4n) is 3.22. The van der Waals surface area contributed by atoms with Crippen molar-refractivity contribution in [2.24, 2.45) is 0 Å². The molecule has 1 heterocycles. The summed E-state index contributed by atoms with van der Waals surface area (Å²) in [6, 6.07) is 14.3. The van der Waals surface area contributed by atoms with E-state index in [1.54, 1.807) is 17.0 Å². The molecule has 3 rings (SSSR count). The highest BCUT2D eigenvalue weighted by molar-refractivity contribution is 5.98. The Morgan fingerprint density at radius 2 is 1.81 bits per heavy atom. The maximum Gasteiger partial charge on any atom is 0.246 e. The van der Waals surface area contributed by atoms with Crippen LogP contribution in [0.5, 0.6) is 0 Å². The molecular formula is C21H23FN2O2. The van der Waals surface area contributed by atoms with E-state index in [0.717, 1.165) is 36.9 Å². The maximum atomic E-state index is 12.8. The largest absolute Gasteiger partial charge is 0.347 e. The number of fused-ring (bicyclic) bond motifs is 1. The molecule has 5 heteroatoms. The molecule has 0 unspecified atom stereocenters. The molecule has 0 saturated heterocycles. The van der Waals surface area contributed by atoms with Crippen LogP contribution in [-0.4, -0.2) is 24.9 Å². The van der Waals surface area contributed by atoms with Gasteiger partial charge in [-0.05, 0) is 55.0 Å². The van der Waals surface area contributed by atoms with Crippen LogP contribution in [0.15, 0.2) is 48.5 Å². The number of anilines is 1. The second-order valence-corrected chi connectivity index (χ2v) is 6.53. The molecule has 136 valence electrons. The number of hydrogen-bond acceptors (Lipinski definition) is 2. The van der Waals surface area contributed by atoms with E-state index >= 15 is 0 Å². The second-order valence-electron chi connectivity index (χ2n) is 6.53. The third-order valence-corrected chi connectivity index (χ3v) is 4.66. The second kappa shape index (κ2) is 8.61. The molecule has 0 atom stereocenters. The zero-order valence-corrected chi connectivity index (χ0v) is 14.7. The minimum atomic E-state index is -0.238. The normalized spacial score (nSPS) is 12.7. The number of hydrogen-bond donors (Lipinski definition) is 1. The summed E-state index contributed by atoms with van der Waals surface area (Å²) in [6.07, 6.45) is 3.66. The number of benzene rings is 2. The summed E-state index contributed by atoms with van der Waals surface area (Å²) < 4.78 is 12.8. The molecule has 0 saturated carbocycles. The Balaban J connectivity index is 1.35. The van der Waals surface area contributed by atoms with Gasteiger partial charge in [-0.15, -0.1) is 0 Å². The van der Waals surface area contributed by atoms with E-state index in [1.165, 1.54) is 17.7 Å². The number of halogens is 1. The first-order valence-electron chi connectivity index (χ1n) is 9.03. The van der Waals surface area contributed by atoms with Crippen molar-refractivity contribution in [3.63, 3.8) is 0 Å². The first-order chi connectivity index (χ1) is 12.6. The van der Waals surface area contributed by atoms with Gasteiger partial charge in [0.05, 0.1) is 6.54 Å². The highest BCUT2D eigenvalue weighted by Crippen LogP contribution is 2.27. The molecule has 4 nitrogen and oxygen atoms in total. The van der Waals surface area contributed by atoms with Gasteiger partial charge in [-0.2, -0.15) is 0 Å². The minimum Gasteiger partial charge on any atom is -0.347 e. The van der Waals surface area contributed by atoms with E-state index < -0.39 is 0 Å². The first kappa shape index (κ1) is 18.1. The summed E-state index contributed by atoms with van der Waals surface area (Å²) in [5.41, 5.74) is 3.19. The number of nitrogens with one attached hydrogen (secondary N) is 1. The number of unbranched alkanes of at least 4 members (excludes halogenated alkanes) is 1. The summed E-state index contributed by atoms with van der Waals surface area (Å²) >= 11 is 0. The van der Waals surface area contributed by atoms with Gasteiger partial charge >= 0.3 is 0 Å². The summed E-state index contributed by atoms with van der Waals surface area (Å²) in [5, 5.41) is 2.72. The van der Waals surface area contributed by atoms with Crippen molar-refractivity contribution in [1.82, 2.24) is 5.32 Å². The van der Waals surface area contributed by atoms with Gasteiger partial charge < -0.3 is 10.2 Å².